The fourth-order valence-corrected chi connectivity index (χ4v) is 1.23. The number of carbonyl (C=O) groups excluding carboxylic acids is 1. The van der Waals surface area contributed by atoms with Gasteiger partial charge in [0.15, 0.2) is 5.78 Å². The van der Waals surface area contributed by atoms with E-state index in [0.717, 1.165) is 0 Å². The van der Waals surface area contributed by atoms with Crippen molar-refractivity contribution in [2.75, 3.05) is 6.61 Å². The van der Waals surface area contributed by atoms with E-state index in [1.54, 1.807) is 24.3 Å². The first-order valence-electron chi connectivity index (χ1n) is 5.05. The summed E-state index contributed by atoms with van der Waals surface area (Å²) in [6, 6.07) is 6.45. The molecule has 0 saturated carbocycles. The highest BCUT2D eigenvalue weighted by molar-refractivity contribution is 5.97. The van der Waals surface area contributed by atoms with Crippen molar-refractivity contribution in [1.82, 2.24) is 0 Å². The smallest absolute Gasteiger partial charge is 0.303 e. The van der Waals surface area contributed by atoms with Gasteiger partial charge in [0.1, 0.15) is 12.4 Å². The molecule has 0 unspecified atom stereocenters. The second kappa shape index (κ2) is 6.33. The Bertz CT molecular complexity index is 439. The number of hydrogen-bond donors (Lipinski definition) is 1. The van der Waals surface area contributed by atoms with E-state index < -0.39 is 5.97 Å². The monoisotopic (exact) mass is 232 g/mol. The van der Waals surface area contributed by atoms with Gasteiger partial charge in [0, 0.05) is 12.0 Å². The molecule has 1 aromatic rings. The van der Waals surface area contributed by atoms with Crippen LogP contribution in [0.15, 0.2) is 24.3 Å². The highest BCUT2D eigenvalue weighted by atomic mass is 16.5. The van der Waals surface area contributed by atoms with E-state index in [1.807, 2.05) is 0 Å². The van der Waals surface area contributed by atoms with Crippen LogP contribution in [-0.4, -0.2) is 23.5 Å². The predicted octanol–water partition coefficient (Wildman–Crippen LogP) is 1.75. The molecule has 0 aromatic heterocycles. The molecule has 1 rings (SSSR count). The number of terminal acetylenes is 1. The Hall–Kier alpha value is -2.28. The molecule has 88 valence electrons. The number of carboxylic acid groups (broad SMARTS) is 1. The van der Waals surface area contributed by atoms with Crippen LogP contribution in [-0.2, 0) is 4.79 Å². The summed E-state index contributed by atoms with van der Waals surface area (Å²) in [6.07, 6.45) is 4.88. The third kappa shape index (κ3) is 4.39. The summed E-state index contributed by atoms with van der Waals surface area (Å²) >= 11 is 0. The van der Waals surface area contributed by atoms with Gasteiger partial charge < -0.3 is 9.84 Å². The Morgan fingerprint density at radius 3 is 2.41 bits per heavy atom. The van der Waals surface area contributed by atoms with E-state index in [0.29, 0.717) is 11.3 Å². The zero-order valence-electron chi connectivity index (χ0n) is 9.18. The van der Waals surface area contributed by atoms with Crippen molar-refractivity contribution >= 4 is 11.8 Å². The van der Waals surface area contributed by atoms with Crippen molar-refractivity contribution in [1.29, 1.82) is 0 Å². The predicted molar refractivity (Wildman–Crippen MR) is 62.0 cm³/mol. The van der Waals surface area contributed by atoms with Crippen LogP contribution in [0.1, 0.15) is 23.2 Å². The van der Waals surface area contributed by atoms with Crippen molar-refractivity contribution in [3.8, 4) is 18.1 Å². The minimum atomic E-state index is -0.979. The van der Waals surface area contributed by atoms with Gasteiger partial charge in [-0.3, -0.25) is 9.59 Å². The molecule has 0 fully saturated rings. The number of hydrogen-bond acceptors (Lipinski definition) is 3. The van der Waals surface area contributed by atoms with Crippen molar-refractivity contribution in [3.05, 3.63) is 29.8 Å². The lowest BCUT2D eigenvalue weighted by Crippen LogP contribution is -2.03. The first kappa shape index (κ1) is 12.8. The van der Waals surface area contributed by atoms with Gasteiger partial charge in [0.2, 0.25) is 0 Å². The Morgan fingerprint density at radius 2 is 1.88 bits per heavy atom. The number of Topliss-reactive ketones (excluding diaryl/α,β-unsaturated/α-hetero) is 1. The van der Waals surface area contributed by atoms with E-state index in [-0.39, 0.29) is 25.2 Å². The quantitative estimate of drug-likeness (QED) is 0.599. The average Bonchev–Trinajstić information content (AvgIpc) is 2.34. The molecule has 17 heavy (non-hydrogen) atoms. The fraction of sp³-hybridized carbons (Fsp3) is 0.231. The molecule has 0 heterocycles. The van der Waals surface area contributed by atoms with Crippen molar-refractivity contribution < 1.29 is 19.4 Å². The second-order valence-electron chi connectivity index (χ2n) is 3.33. The summed E-state index contributed by atoms with van der Waals surface area (Å²) in [5.74, 6) is 1.74. The summed E-state index contributed by atoms with van der Waals surface area (Å²) in [7, 11) is 0. The Kier molecular flexibility index (Phi) is 4.77. The number of benzene rings is 1. The van der Waals surface area contributed by atoms with Gasteiger partial charge in [-0.15, -0.1) is 6.42 Å². The summed E-state index contributed by atoms with van der Waals surface area (Å²) in [5.41, 5.74) is 0.472. The molecule has 0 amide bonds. The van der Waals surface area contributed by atoms with Gasteiger partial charge in [0.05, 0.1) is 6.42 Å². The van der Waals surface area contributed by atoms with Crippen LogP contribution in [0.25, 0.3) is 0 Å². The Balaban J connectivity index is 2.58. The largest absolute Gasteiger partial charge is 0.481 e. The van der Waals surface area contributed by atoms with E-state index in [4.69, 9.17) is 16.3 Å². The highest BCUT2D eigenvalue weighted by Gasteiger charge is 2.08. The van der Waals surface area contributed by atoms with Gasteiger partial charge in [-0.1, -0.05) is 5.92 Å². The van der Waals surface area contributed by atoms with E-state index >= 15 is 0 Å². The molecular formula is C13H12O4. The number of aliphatic carboxylic acids is 1. The van der Waals surface area contributed by atoms with Gasteiger partial charge in [-0.05, 0) is 24.3 Å². The summed E-state index contributed by atoms with van der Waals surface area (Å²) in [4.78, 5) is 21.9. The second-order valence-corrected chi connectivity index (χ2v) is 3.33. The van der Waals surface area contributed by atoms with E-state index in [2.05, 4.69) is 5.92 Å². The molecule has 0 aliphatic carbocycles. The molecule has 1 N–H and O–H groups in total. The lowest BCUT2D eigenvalue weighted by Gasteiger charge is -2.03. The topological polar surface area (TPSA) is 63.6 Å². The van der Waals surface area contributed by atoms with Crippen LogP contribution in [0, 0.1) is 12.3 Å². The molecule has 0 aliphatic rings. The van der Waals surface area contributed by atoms with Crippen LogP contribution in [0.2, 0.25) is 0 Å². The van der Waals surface area contributed by atoms with Gasteiger partial charge in [-0.25, -0.2) is 0 Å². The zero-order valence-corrected chi connectivity index (χ0v) is 9.18. The Morgan fingerprint density at radius 1 is 1.24 bits per heavy atom. The molecule has 0 bridgehead atoms. The molecule has 4 heteroatoms. The summed E-state index contributed by atoms with van der Waals surface area (Å²) in [5, 5.41) is 8.46. The fourth-order valence-electron chi connectivity index (χ4n) is 1.23. The maximum Gasteiger partial charge on any atom is 0.303 e. The average molecular weight is 232 g/mol. The molecule has 0 aliphatic heterocycles. The minimum Gasteiger partial charge on any atom is -0.481 e. The number of carboxylic acids is 1. The first-order chi connectivity index (χ1) is 8.13. The highest BCUT2D eigenvalue weighted by Crippen LogP contribution is 2.13. The minimum absolute atomic E-state index is 0.000106. The number of carbonyl (C=O) groups is 2. The van der Waals surface area contributed by atoms with E-state index in [1.165, 1.54) is 0 Å². The van der Waals surface area contributed by atoms with Crippen LogP contribution in [0.3, 0.4) is 0 Å². The van der Waals surface area contributed by atoms with Gasteiger partial charge in [-0.2, -0.15) is 0 Å². The number of rotatable bonds is 6. The van der Waals surface area contributed by atoms with Gasteiger partial charge >= 0.3 is 5.97 Å². The van der Waals surface area contributed by atoms with Gasteiger partial charge in [0.25, 0.3) is 0 Å². The molecule has 4 nitrogen and oxygen atoms in total. The van der Waals surface area contributed by atoms with Crippen molar-refractivity contribution in [3.63, 3.8) is 0 Å². The van der Waals surface area contributed by atoms with E-state index in [9.17, 15) is 9.59 Å². The zero-order chi connectivity index (χ0) is 12.7. The molecule has 0 radical (unpaired) electrons. The maximum atomic E-state index is 11.5. The van der Waals surface area contributed by atoms with Crippen molar-refractivity contribution in [2.24, 2.45) is 0 Å². The van der Waals surface area contributed by atoms with Crippen molar-refractivity contribution in [2.45, 2.75) is 12.8 Å². The number of ether oxygens (including phenoxy) is 1. The standard InChI is InChI=1S/C13H12O4/c1-2-9-17-11-5-3-10(4-6-11)12(14)7-8-13(15)16/h1,3-6H,7-9H2,(H,15,16). The SMILES string of the molecule is C#CCOc1ccc(C(=O)CCC(=O)O)cc1. The lowest BCUT2D eigenvalue weighted by molar-refractivity contribution is -0.136. The summed E-state index contributed by atoms with van der Waals surface area (Å²) < 4.78 is 5.15. The lowest BCUT2D eigenvalue weighted by atomic mass is 10.1. The van der Waals surface area contributed by atoms with Crippen LogP contribution in [0.5, 0.6) is 5.75 Å². The molecule has 0 saturated heterocycles. The van der Waals surface area contributed by atoms with Crippen LogP contribution >= 0.6 is 0 Å². The Labute approximate surface area is 99.2 Å². The molecule has 0 atom stereocenters. The normalized spacial score (nSPS) is 9.35. The maximum absolute atomic E-state index is 11.5. The third-order valence-corrected chi connectivity index (χ3v) is 2.06. The summed E-state index contributed by atoms with van der Waals surface area (Å²) in [6.45, 7) is 0.173. The van der Waals surface area contributed by atoms with Crippen LogP contribution in [0.4, 0.5) is 0 Å². The molecule has 1 aromatic carbocycles. The molecule has 0 spiro atoms. The molecular weight excluding hydrogens is 220 g/mol. The first-order valence-corrected chi connectivity index (χ1v) is 5.05. The number of ketones is 1. The third-order valence-electron chi connectivity index (χ3n) is 2.06. The van der Waals surface area contributed by atoms with Crippen LogP contribution < -0.4 is 4.74 Å².